The fourth-order valence-corrected chi connectivity index (χ4v) is 3.22. The van der Waals surface area contributed by atoms with Gasteiger partial charge in [-0.25, -0.2) is 0 Å². The molecular weight excluding hydrogens is 406 g/mol. The van der Waals surface area contributed by atoms with Gasteiger partial charge in [0.25, 0.3) is 11.8 Å². The Labute approximate surface area is 182 Å². The number of amides is 2. The number of carbonyl (C=O) groups excluding carboxylic acids is 2. The summed E-state index contributed by atoms with van der Waals surface area (Å²) in [5.74, 6) is 0.522. The van der Waals surface area contributed by atoms with Gasteiger partial charge in [-0.1, -0.05) is 12.1 Å². The minimum atomic E-state index is -0.306. The van der Waals surface area contributed by atoms with Crippen LogP contribution >= 0.6 is 12.4 Å². The lowest BCUT2D eigenvalue weighted by Gasteiger charge is -2.26. The molecule has 7 nitrogen and oxygen atoms in total. The normalized spacial score (nSPS) is 13.2. The third kappa shape index (κ3) is 6.03. The van der Waals surface area contributed by atoms with Crippen LogP contribution < -0.4 is 20.5 Å². The molecule has 3 N–H and O–H groups in total. The lowest BCUT2D eigenvalue weighted by Crippen LogP contribution is -2.38. The van der Waals surface area contributed by atoms with Gasteiger partial charge in [-0.15, -0.1) is 12.4 Å². The van der Waals surface area contributed by atoms with Crippen LogP contribution in [0.25, 0.3) is 0 Å². The zero-order valence-corrected chi connectivity index (χ0v) is 17.9. The zero-order valence-electron chi connectivity index (χ0n) is 17.1. The molecule has 0 saturated carbocycles. The molecule has 30 heavy (non-hydrogen) atoms. The van der Waals surface area contributed by atoms with Gasteiger partial charge in [0, 0.05) is 18.7 Å². The molecule has 0 unspecified atom stereocenters. The maximum Gasteiger partial charge on any atom is 0.260 e. The Kier molecular flexibility index (Phi) is 8.80. The number of benzene rings is 2. The minimum Gasteiger partial charge on any atom is -0.490 e. The van der Waals surface area contributed by atoms with Crippen molar-refractivity contribution < 1.29 is 19.1 Å². The number of nitrogens with zero attached hydrogens (tertiary/aromatic N) is 1. The molecule has 162 valence electrons. The molecule has 2 aromatic carbocycles. The van der Waals surface area contributed by atoms with Crippen molar-refractivity contribution in [1.82, 2.24) is 4.90 Å². The van der Waals surface area contributed by atoms with E-state index >= 15 is 0 Å². The van der Waals surface area contributed by atoms with E-state index in [1.54, 1.807) is 42.5 Å². The zero-order chi connectivity index (χ0) is 20.6. The molecule has 1 saturated heterocycles. The molecule has 0 atom stereocenters. The number of likely N-dealkylation sites (tertiary alicyclic amines) is 1. The van der Waals surface area contributed by atoms with Crippen molar-refractivity contribution in [3.63, 3.8) is 0 Å². The average Bonchev–Trinajstić information content (AvgIpc) is 2.75. The third-order valence-corrected chi connectivity index (χ3v) is 4.77. The highest BCUT2D eigenvalue weighted by Crippen LogP contribution is 2.29. The van der Waals surface area contributed by atoms with Gasteiger partial charge in [-0.05, 0) is 56.5 Å². The lowest BCUT2D eigenvalue weighted by atomic mass is 10.1. The fraction of sp³-hybridized carbons (Fsp3) is 0.364. The summed E-state index contributed by atoms with van der Waals surface area (Å²) in [6.07, 6.45) is 3.23. The van der Waals surface area contributed by atoms with E-state index in [1.165, 1.54) is 0 Å². The number of nitrogens with two attached hydrogens (primary N) is 1. The number of piperidine rings is 1. The molecule has 0 aliphatic carbocycles. The van der Waals surface area contributed by atoms with Gasteiger partial charge in [0.2, 0.25) is 0 Å². The molecule has 8 heteroatoms. The number of nitrogens with one attached hydrogen (secondary N) is 1. The number of hydrogen-bond acceptors (Lipinski definition) is 5. The Morgan fingerprint density at radius 1 is 1.03 bits per heavy atom. The Bertz CT molecular complexity index is 869. The van der Waals surface area contributed by atoms with Gasteiger partial charge in [0.1, 0.15) is 0 Å². The second kappa shape index (κ2) is 11.3. The second-order valence-electron chi connectivity index (χ2n) is 6.87. The minimum absolute atomic E-state index is 0. The Morgan fingerprint density at radius 3 is 2.47 bits per heavy atom. The number of nitrogen functional groups attached to an aromatic ring is 1. The molecule has 1 fully saturated rings. The number of halogens is 1. The van der Waals surface area contributed by atoms with Crippen LogP contribution in [0.2, 0.25) is 0 Å². The molecule has 0 aromatic heterocycles. The second-order valence-corrected chi connectivity index (χ2v) is 6.87. The largest absolute Gasteiger partial charge is 0.490 e. The quantitative estimate of drug-likeness (QED) is 0.649. The predicted molar refractivity (Wildman–Crippen MR) is 120 cm³/mol. The standard InChI is InChI=1S/C22H27N3O4.ClH/c1-2-28-20-14-16(22(27)24-18-9-5-4-8-17(18)23)10-11-19(20)29-15-21(26)25-12-6-3-7-13-25;/h4-5,8-11,14H,2-3,6-7,12-13,15,23H2,1H3,(H,24,27);1H. The summed E-state index contributed by atoms with van der Waals surface area (Å²) in [6.45, 7) is 3.77. The number of rotatable bonds is 7. The van der Waals surface area contributed by atoms with Crippen molar-refractivity contribution in [2.24, 2.45) is 0 Å². The number of ether oxygens (including phenoxy) is 2. The van der Waals surface area contributed by atoms with E-state index in [2.05, 4.69) is 5.32 Å². The first-order valence-corrected chi connectivity index (χ1v) is 9.91. The molecule has 1 aliphatic rings. The topological polar surface area (TPSA) is 93.9 Å². The van der Waals surface area contributed by atoms with Crippen molar-refractivity contribution in [3.8, 4) is 11.5 Å². The maximum atomic E-state index is 12.6. The third-order valence-electron chi connectivity index (χ3n) is 4.77. The molecule has 1 heterocycles. The Hall–Kier alpha value is -2.93. The van der Waals surface area contributed by atoms with E-state index in [-0.39, 0.29) is 30.8 Å². The van der Waals surface area contributed by atoms with Crippen molar-refractivity contribution in [2.75, 3.05) is 37.4 Å². The van der Waals surface area contributed by atoms with Gasteiger partial charge in [-0.2, -0.15) is 0 Å². The molecule has 0 radical (unpaired) electrons. The lowest BCUT2D eigenvalue weighted by molar-refractivity contribution is -0.134. The van der Waals surface area contributed by atoms with E-state index < -0.39 is 0 Å². The van der Waals surface area contributed by atoms with Crippen molar-refractivity contribution in [2.45, 2.75) is 26.2 Å². The molecule has 1 aliphatic heterocycles. The van der Waals surface area contributed by atoms with Crippen LogP contribution in [0.5, 0.6) is 11.5 Å². The highest BCUT2D eigenvalue weighted by Gasteiger charge is 2.18. The first-order valence-electron chi connectivity index (χ1n) is 9.91. The molecule has 3 rings (SSSR count). The molecule has 0 spiro atoms. The van der Waals surface area contributed by atoms with Crippen LogP contribution in [0.3, 0.4) is 0 Å². The molecular formula is C22H28ClN3O4. The van der Waals surface area contributed by atoms with Crippen LogP contribution in [0.15, 0.2) is 42.5 Å². The van der Waals surface area contributed by atoms with Gasteiger partial charge < -0.3 is 25.4 Å². The average molecular weight is 434 g/mol. The predicted octanol–water partition coefficient (Wildman–Crippen LogP) is 3.73. The van der Waals surface area contributed by atoms with Crippen LogP contribution in [-0.4, -0.2) is 43.0 Å². The highest BCUT2D eigenvalue weighted by atomic mass is 35.5. The number of para-hydroxylation sites is 2. The summed E-state index contributed by atoms with van der Waals surface area (Å²) in [6, 6.07) is 12.0. The SMILES string of the molecule is CCOc1cc(C(=O)Nc2ccccc2N)ccc1OCC(=O)N1CCCCC1.Cl. The van der Waals surface area contributed by atoms with E-state index in [1.807, 2.05) is 11.8 Å². The van der Waals surface area contributed by atoms with Crippen molar-refractivity contribution in [3.05, 3.63) is 48.0 Å². The summed E-state index contributed by atoms with van der Waals surface area (Å²) in [5.41, 5.74) is 7.32. The number of carbonyl (C=O) groups is 2. The summed E-state index contributed by atoms with van der Waals surface area (Å²) in [5, 5.41) is 2.79. The summed E-state index contributed by atoms with van der Waals surface area (Å²) in [4.78, 5) is 26.7. The smallest absolute Gasteiger partial charge is 0.260 e. The molecule has 2 aromatic rings. The Morgan fingerprint density at radius 2 is 1.77 bits per heavy atom. The van der Waals surface area contributed by atoms with Gasteiger partial charge in [0.05, 0.1) is 18.0 Å². The number of hydrogen-bond donors (Lipinski definition) is 2. The molecule has 0 bridgehead atoms. The Balaban J connectivity index is 0.00000320. The van der Waals surface area contributed by atoms with E-state index in [9.17, 15) is 9.59 Å². The van der Waals surface area contributed by atoms with Gasteiger partial charge >= 0.3 is 0 Å². The number of anilines is 2. The van der Waals surface area contributed by atoms with E-state index in [4.69, 9.17) is 15.2 Å². The fourth-order valence-electron chi connectivity index (χ4n) is 3.22. The van der Waals surface area contributed by atoms with Crippen LogP contribution in [-0.2, 0) is 4.79 Å². The van der Waals surface area contributed by atoms with Crippen molar-refractivity contribution >= 4 is 35.6 Å². The van der Waals surface area contributed by atoms with Crippen LogP contribution in [0, 0.1) is 0 Å². The summed E-state index contributed by atoms with van der Waals surface area (Å²) < 4.78 is 11.3. The van der Waals surface area contributed by atoms with Gasteiger partial charge in [0.15, 0.2) is 18.1 Å². The van der Waals surface area contributed by atoms with Crippen LogP contribution in [0.1, 0.15) is 36.5 Å². The molecule has 2 amide bonds. The monoisotopic (exact) mass is 433 g/mol. The van der Waals surface area contributed by atoms with Gasteiger partial charge in [-0.3, -0.25) is 9.59 Å². The maximum absolute atomic E-state index is 12.6. The van der Waals surface area contributed by atoms with E-state index in [0.717, 1.165) is 32.4 Å². The van der Waals surface area contributed by atoms with E-state index in [0.29, 0.717) is 35.0 Å². The summed E-state index contributed by atoms with van der Waals surface area (Å²) in [7, 11) is 0. The highest BCUT2D eigenvalue weighted by molar-refractivity contribution is 6.06. The first-order chi connectivity index (χ1) is 14.1. The van der Waals surface area contributed by atoms with Crippen molar-refractivity contribution in [1.29, 1.82) is 0 Å². The summed E-state index contributed by atoms with van der Waals surface area (Å²) >= 11 is 0. The first kappa shape index (κ1) is 23.3. The van der Waals surface area contributed by atoms with Crippen LogP contribution in [0.4, 0.5) is 11.4 Å².